The van der Waals surface area contributed by atoms with Gasteiger partial charge in [-0.1, -0.05) is 36.1 Å². The zero-order valence-corrected chi connectivity index (χ0v) is 7.72. The van der Waals surface area contributed by atoms with E-state index < -0.39 is 12.2 Å². The van der Waals surface area contributed by atoms with Crippen LogP contribution in [0.3, 0.4) is 0 Å². The van der Waals surface area contributed by atoms with Gasteiger partial charge in [-0.05, 0) is 12.1 Å². The summed E-state index contributed by atoms with van der Waals surface area (Å²) in [6, 6.07) is 9.28. The van der Waals surface area contributed by atoms with Crippen LogP contribution in [0.1, 0.15) is 5.56 Å². The highest BCUT2D eigenvalue weighted by Gasteiger charge is 2.07. The van der Waals surface area contributed by atoms with Gasteiger partial charge in [-0.15, -0.1) is 6.58 Å². The van der Waals surface area contributed by atoms with Crippen LogP contribution in [0.2, 0.25) is 0 Å². The lowest BCUT2D eigenvalue weighted by molar-refractivity contribution is 0.0872. The van der Waals surface area contributed by atoms with Gasteiger partial charge in [-0.25, -0.2) is 0 Å². The molecule has 0 radical (unpaired) electrons. The molecule has 1 aromatic carbocycles. The molecule has 0 saturated carbocycles. The molecule has 0 aliphatic heterocycles. The first kappa shape index (κ1) is 10.5. The lowest BCUT2D eigenvalue weighted by Crippen LogP contribution is -2.21. The summed E-state index contributed by atoms with van der Waals surface area (Å²) >= 11 is 0. The second-order valence-corrected chi connectivity index (χ2v) is 2.81. The first-order valence-corrected chi connectivity index (χ1v) is 4.29. The van der Waals surface area contributed by atoms with Crippen molar-refractivity contribution in [1.82, 2.24) is 0 Å². The molecular formula is C12H12O2. The van der Waals surface area contributed by atoms with Crippen LogP contribution in [0, 0.1) is 11.8 Å². The summed E-state index contributed by atoms with van der Waals surface area (Å²) in [5.41, 5.74) is 0.808. The Hall–Kier alpha value is -1.56. The van der Waals surface area contributed by atoms with Gasteiger partial charge in [0.1, 0.15) is 12.2 Å². The second kappa shape index (κ2) is 5.23. The van der Waals surface area contributed by atoms with E-state index >= 15 is 0 Å². The standard InChI is InChI=1S/C12H12O2/c1-2-11(13)12(14)9-8-10-6-4-3-5-7-10/h2-7,11-14H,1H2/t11-,12+/m0/s1. The monoisotopic (exact) mass is 188 g/mol. The molecule has 2 nitrogen and oxygen atoms in total. The summed E-state index contributed by atoms with van der Waals surface area (Å²) in [5.74, 6) is 5.29. The minimum absolute atomic E-state index is 0.808. The summed E-state index contributed by atoms with van der Waals surface area (Å²) in [7, 11) is 0. The smallest absolute Gasteiger partial charge is 0.144 e. The topological polar surface area (TPSA) is 40.5 Å². The van der Waals surface area contributed by atoms with Crippen LogP contribution in [-0.2, 0) is 0 Å². The fourth-order valence-corrected chi connectivity index (χ4v) is 0.893. The zero-order chi connectivity index (χ0) is 10.4. The summed E-state index contributed by atoms with van der Waals surface area (Å²) in [6.07, 6.45) is -0.816. The molecule has 0 aliphatic carbocycles. The van der Waals surface area contributed by atoms with Crippen molar-refractivity contribution < 1.29 is 10.2 Å². The average Bonchev–Trinajstić information content (AvgIpc) is 2.26. The van der Waals surface area contributed by atoms with Crippen molar-refractivity contribution in [3.8, 4) is 11.8 Å². The maximum Gasteiger partial charge on any atom is 0.144 e. The van der Waals surface area contributed by atoms with E-state index in [0.717, 1.165) is 5.56 Å². The number of hydrogen-bond donors (Lipinski definition) is 2. The molecule has 0 spiro atoms. The number of hydrogen-bond acceptors (Lipinski definition) is 2. The molecule has 1 aromatic rings. The summed E-state index contributed by atoms with van der Waals surface area (Å²) in [6.45, 7) is 3.36. The van der Waals surface area contributed by atoms with Crippen LogP contribution >= 0.6 is 0 Å². The molecule has 0 heterocycles. The predicted molar refractivity (Wildman–Crippen MR) is 55.5 cm³/mol. The van der Waals surface area contributed by atoms with E-state index in [9.17, 15) is 5.11 Å². The molecule has 1 rings (SSSR count). The van der Waals surface area contributed by atoms with E-state index in [0.29, 0.717) is 0 Å². The van der Waals surface area contributed by atoms with Gasteiger partial charge in [0.2, 0.25) is 0 Å². The molecule has 2 N–H and O–H groups in total. The third-order valence-corrected chi connectivity index (χ3v) is 1.70. The normalized spacial score (nSPS) is 13.6. The average molecular weight is 188 g/mol. The van der Waals surface area contributed by atoms with Crippen molar-refractivity contribution in [2.24, 2.45) is 0 Å². The number of aliphatic hydroxyl groups excluding tert-OH is 2. The largest absolute Gasteiger partial charge is 0.385 e. The van der Waals surface area contributed by atoms with E-state index in [1.165, 1.54) is 6.08 Å². The van der Waals surface area contributed by atoms with Gasteiger partial charge < -0.3 is 10.2 Å². The van der Waals surface area contributed by atoms with Crippen LogP contribution in [0.25, 0.3) is 0 Å². The zero-order valence-electron chi connectivity index (χ0n) is 7.72. The molecule has 0 unspecified atom stereocenters. The van der Waals surface area contributed by atoms with E-state index in [1.807, 2.05) is 30.3 Å². The molecule has 0 fully saturated rings. The second-order valence-electron chi connectivity index (χ2n) is 2.81. The fraction of sp³-hybridized carbons (Fsp3) is 0.167. The van der Waals surface area contributed by atoms with E-state index in [1.54, 1.807) is 0 Å². The van der Waals surface area contributed by atoms with Crippen LogP contribution in [0.5, 0.6) is 0 Å². The molecule has 0 bridgehead atoms. The van der Waals surface area contributed by atoms with Gasteiger partial charge in [0, 0.05) is 5.56 Å². The first-order valence-electron chi connectivity index (χ1n) is 4.29. The van der Waals surface area contributed by atoms with Crippen molar-refractivity contribution in [3.63, 3.8) is 0 Å². The Morgan fingerprint density at radius 3 is 2.43 bits per heavy atom. The summed E-state index contributed by atoms with van der Waals surface area (Å²) in [5, 5.41) is 18.4. The molecule has 0 saturated heterocycles. The van der Waals surface area contributed by atoms with Crippen LogP contribution in [0.4, 0.5) is 0 Å². The van der Waals surface area contributed by atoms with Crippen molar-refractivity contribution in [2.75, 3.05) is 0 Å². The third kappa shape index (κ3) is 3.06. The van der Waals surface area contributed by atoms with Gasteiger partial charge in [-0.3, -0.25) is 0 Å². The molecule has 2 heteroatoms. The fourth-order valence-electron chi connectivity index (χ4n) is 0.893. The van der Waals surface area contributed by atoms with Crippen LogP contribution < -0.4 is 0 Å². The van der Waals surface area contributed by atoms with Gasteiger partial charge >= 0.3 is 0 Å². The number of benzene rings is 1. The minimum Gasteiger partial charge on any atom is -0.385 e. The van der Waals surface area contributed by atoms with Gasteiger partial charge in [0.25, 0.3) is 0 Å². The summed E-state index contributed by atoms with van der Waals surface area (Å²) in [4.78, 5) is 0. The highest BCUT2D eigenvalue weighted by atomic mass is 16.3. The Morgan fingerprint density at radius 1 is 1.21 bits per heavy atom. The lowest BCUT2D eigenvalue weighted by Gasteiger charge is -2.05. The molecular weight excluding hydrogens is 176 g/mol. The van der Waals surface area contributed by atoms with Crippen LogP contribution in [0.15, 0.2) is 43.0 Å². The maximum absolute atomic E-state index is 9.28. The maximum atomic E-state index is 9.28. The van der Waals surface area contributed by atoms with Gasteiger partial charge in [-0.2, -0.15) is 0 Å². The predicted octanol–water partition coefficient (Wildman–Crippen LogP) is 0.946. The molecule has 72 valence electrons. The molecule has 14 heavy (non-hydrogen) atoms. The van der Waals surface area contributed by atoms with Crippen molar-refractivity contribution in [3.05, 3.63) is 48.6 Å². The van der Waals surface area contributed by atoms with E-state index in [-0.39, 0.29) is 0 Å². The van der Waals surface area contributed by atoms with E-state index in [2.05, 4.69) is 18.4 Å². The molecule has 0 amide bonds. The minimum atomic E-state index is -1.08. The van der Waals surface area contributed by atoms with Crippen molar-refractivity contribution >= 4 is 0 Å². The van der Waals surface area contributed by atoms with Crippen molar-refractivity contribution in [1.29, 1.82) is 0 Å². The highest BCUT2D eigenvalue weighted by Crippen LogP contribution is 1.97. The van der Waals surface area contributed by atoms with E-state index in [4.69, 9.17) is 5.11 Å². The van der Waals surface area contributed by atoms with Crippen molar-refractivity contribution in [2.45, 2.75) is 12.2 Å². The Kier molecular flexibility index (Phi) is 3.93. The third-order valence-electron chi connectivity index (χ3n) is 1.70. The molecule has 0 aliphatic rings. The van der Waals surface area contributed by atoms with Crippen LogP contribution in [-0.4, -0.2) is 22.4 Å². The Bertz CT molecular complexity index is 346. The Balaban J connectivity index is 2.69. The molecule has 0 aromatic heterocycles. The Morgan fingerprint density at radius 2 is 1.86 bits per heavy atom. The number of aliphatic hydroxyl groups is 2. The Labute approximate surface area is 83.5 Å². The van der Waals surface area contributed by atoms with Gasteiger partial charge in [0.15, 0.2) is 0 Å². The SMILES string of the molecule is C=C[C@H](O)[C@H](O)C#Cc1ccccc1. The summed E-state index contributed by atoms with van der Waals surface area (Å²) < 4.78 is 0. The number of rotatable bonds is 2. The highest BCUT2D eigenvalue weighted by molar-refractivity contribution is 5.34. The van der Waals surface area contributed by atoms with Gasteiger partial charge in [0.05, 0.1) is 0 Å². The quantitative estimate of drug-likeness (QED) is 0.536. The first-order chi connectivity index (χ1) is 6.74. The lowest BCUT2D eigenvalue weighted by atomic mass is 10.2. The molecule has 2 atom stereocenters.